The van der Waals surface area contributed by atoms with Gasteiger partial charge in [-0.1, -0.05) is 30.3 Å². The fraction of sp³-hybridized carbons (Fsp3) is 0.222. The molecule has 0 spiro atoms. The van der Waals surface area contributed by atoms with Gasteiger partial charge in [-0.3, -0.25) is 4.79 Å². The molecule has 1 aromatic heterocycles. The number of ether oxygens (including phenoxy) is 2. The third kappa shape index (κ3) is 4.43. The number of aromatic hydroxyl groups is 1. The van der Waals surface area contributed by atoms with Crippen molar-refractivity contribution in [1.29, 1.82) is 0 Å². The van der Waals surface area contributed by atoms with Crippen LogP contribution in [-0.2, 0) is 6.42 Å². The van der Waals surface area contributed by atoms with E-state index >= 15 is 0 Å². The molecule has 3 aromatic carbocycles. The number of para-hydroxylation sites is 1. The summed E-state index contributed by atoms with van der Waals surface area (Å²) in [6.07, 6.45) is 2.58. The van der Waals surface area contributed by atoms with Gasteiger partial charge in [-0.25, -0.2) is 0 Å². The molecule has 7 nitrogen and oxygen atoms in total. The molecule has 2 heterocycles. The van der Waals surface area contributed by atoms with Gasteiger partial charge in [0.15, 0.2) is 11.5 Å². The van der Waals surface area contributed by atoms with E-state index < -0.39 is 0 Å². The van der Waals surface area contributed by atoms with Gasteiger partial charge in [0.25, 0.3) is 5.91 Å². The third-order valence-corrected chi connectivity index (χ3v) is 6.06. The molecule has 1 amide bonds. The van der Waals surface area contributed by atoms with Gasteiger partial charge < -0.3 is 30.0 Å². The molecule has 7 heteroatoms. The Morgan fingerprint density at radius 2 is 1.88 bits per heavy atom. The first-order chi connectivity index (χ1) is 16.6. The van der Waals surface area contributed by atoms with Gasteiger partial charge in [0.05, 0.1) is 5.56 Å². The van der Waals surface area contributed by atoms with E-state index in [2.05, 4.69) is 10.3 Å². The molecule has 0 saturated carbocycles. The molecule has 4 N–H and O–H groups in total. The Hall–Kier alpha value is -3.97. The van der Waals surface area contributed by atoms with E-state index in [0.717, 1.165) is 27.6 Å². The first-order valence-electron chi connectivity index (χ1n) is 11.3. The Bertz CT molecular complexity index is 1330. The molecular weight excluding hydrogens is 432 g/mol. The summed E-state index contributed by atoms with van der Waals surface area (Å²) in [5.74, 6) is 0.590. The maximum atomic E-state index is 13.2. The molecule has 0 fully saturated rings. The lowest BCUT2D eigenvalue weighted by atomic mass is 9.98. The average Bonchev–Trinajstić information content (AvgIpc) is 3.28. The number of aromatic nitrogens is 1. The lowest BCUT2D eigenvalue weighted by Gasteiger charge is -2.22. The number of carbonyl (C=O) groups is 1. The van der Waals surface area contributed by atoms with Crippen molar-refractivity contribution in [3.8, 4) is 28.4 Å². The lowest BCUT2D eigenvalue weighted by Crippen LogP contribution is -2.32. The molecule has 0 saturated heterocycles. The fourth-order valence-corrected chi connectivity index (χ4v) is 4.32. The van der Waals surface area contributed by atoms with Gasteiger partial charge in [0.1, 0.15) is 19.0 Å². The molecular formula is C27H26N2O5. The van der Waals surface area contributed by atoms with Crippen LogP contribution in [0.1, 0.15) is 15.9 Å². The summed E-state index contributed by atoms with van der Waals surface area (Å²) in [6, 6.07) is 18.4. The first-order valence-corrected chi connectivity index (χ1v) is 11.3. The summed E-state index contributed by atoms with van der Waals surface area (Å²) in [5.41, 5.74) is 4.01. The second kappa shape index (κ2) is 9.49. The van der Waals surface area contributed by atoms with Crippen LogP contribution in [0.5, 0.6) is 17.2 Å². The van der Waals surface area contributed by atoms with E-state index in [9.17, 15) is 15.0 Å². The average molecular weight is 459 g/mol. The van der Waals surface area contributed by atoms with Gasteiger partial charge in [0, 0.05) is 36.2 Å². The molecule has 4 aromatic rings. The number of carbonyl (C=O) groups excluding carboxylic acids is 1. The number of benzene rings is 3. The van der Waals surface area contributed by atoms with Crippen molar-refractivity contribution in [1.82, 2.24) is 10.3 Å². The highest BCUT2D eigenvalue weighted by atomic mass is 16.6. The van der Waals surface area contributed by atoms with Gasteiger partial charge in [-0.15, -0.1) is 0 Å². The number of hydrogen-bond donors (Lipinski definition) is 4. The summed E-state index contributed by atoms with van der Waals surface area (Å²) in [4.78, 5) is 16.5. The van der Waals surface area contributed by atoms with Crippen LogP contribution >= 0.6 is 0 Å². The van der Waals surface area contributed by atoms with Crippen molar-refractivity contribution in [3.63, 3.8) is 0 Å². The molecule has 0 radical (unpaired) electrons. The van der Waals surface area contributed by atoms with Crippen LogP contribution < -0.4 is 14.8 Å². The number of hydrogen-bond acceptors (Lipinski definition) is 5. The highest BCUT2D eigenvalue weighted by molar-refractivity contribution is 5.99. The molecule has 0 unspecified atom stereocenters. The van der Waals surface area contributed by atoms with Crippen molar-refractivity contribution in [2.45, 2.75) is 6.42 Å². The number of phenols is 1. The predicted molar refractivity (Wildman–Crippen MR) is 129 cm³/mol. The Balaban J connectivity index is 1.36. The van der Waals surface area contributed by atoms with E-state index in [4.69, 9.17) is 9.47 Å². The molecule has 1 atom stereocenters. The van der Waals surface area contributed by atoms with Crippen LogP contribution in [0.3, 0.4) is 0 Å². The smallest absolute Gasteiger partial charge is 0.255 e. The van der Waals surface area contributed by atoms with Crippen molar-refractivity contribution < 1.29 is 24.5 Å². The minimum atomic E-state index is -0.305. The van der Waals surface area contributed by atoms with Crippen molar-refractivity contribution in [3.05, 3.63) is 78.0 Å². The lowest BCUT2D eigenvalue weighted by molar-refractivity contribution is 0.0929. The Morgan fingerprint density at radius 3 is 2.74 bits per heavy atom. The maximum absolute atomic E-state index is 13.2. The van der Waals surface area contributed by atoms with Crippen LogP contribution in [0.15, 0.2) is 66.9 Å². The molecule has 0 bridgehead atoms. The van der Waals surface area contributed by atoms with E-state index in [1.807, 2.05) is 42.6 Å². The summed E-state index contributed by atoms with van der Waals surface area (Å²) in [7, 11) is 0. The number of rotatable bonds is 7. The van der Waals surface area contributed by atoms with E-state index in [1.165, 1.54) is 0 Å². The zero-order valence-electron chi connectivity index (χ0n) is 18.6. The summed E-state index contributed by atoms with van der Waals surface area (Å²) in [6.45, 7) is 1.01. The van der Waals surface area contributed by atoms with Crippen molar-refractivity contribution in [2.75, 3.05) is 26.4 Å². The summed E-state index contributed by atoms with van der Waals surface area (Å²) in [5, 5.41) is 23.9. The highest BCUT2D eigenvalue weighted by Gasteiger charge is 2.23. The van der Waals surface area contributed by atoms with E-state index in [1.54, 1.807) is 24.3 Å². The highest BCUT2D eigenvalue weighted by Crippen LogP contribution is 2.39. The zero-order valence-corrected chi connectivity index (χ0v) is 18.6. The second-order valence-corrected chi connectivity index (χ2v) is 8.42. The molecule has 34 heavy (non-hydrogen) atoms. The largest absolute Gasteiger partial charge is 0.508 e. The van der Waals surface area contributed by atoms with Crippen LogP contribution in [0, 0.1) is 5.92 Å². The number of fused-ring (bicyclic) bond motifs is 2. The van der Waals surface area contributed by atoms with Crippen molar-refractivity contribution >= 4 is 16.8 Å². The molecule has 1 aliphatic heterocycles. The molecule has 5 rings (SSSR count). The van der Waals surface area contributed by atoms with Gasteiger partial charge in [-0.05, 0) is 53.4 Å². The Labute approximate surface area is 197 Å². The number of aliphatic hydroxyl groups excluding tert-OH is 1. The number of amides is 1. The zero-order chi connectivity index (χ0) is 23.5. The number of aromatic amines is 1. The molecule has 1 aliphatic rings. The van der Waals surface area contributed by atoms with Crippen LogP contribution in [-0.4, -0.2) is 47.5 Å². The van der Waals surface area contributed by atoms with Crippen LogP contribution in [0.25, 0.3) is 22.0 Å². The van der Waals surface area contributed by atoms with Gasteiger partial charge in [-0.2, -0.15) is 0 Å². The fourth-order valence-electron chi connectivity index (χ4n) is 4.32. The van der Waals surface area contributed by atoms with Crippen molar-refractivity contribution in [2.24, 2.45) is 5.92 Å². The monoisotopic (exact) mass is 458 g/mol. The quantitative estimate of drug-likeness (QED) is 0.336. The molecule has 174 valence electrons. The van der Waals surface area contributed by atoms with E-state index in [-0.39, 0.29) is 24.2 Å². The second-order valence-electron chi connectivity index (χ2n) is 8.42. The number of nitrogens with one attached hydrogen (secondary N) is 2. The van der Waals surface area contributed by atoms with Gasteiger partial charge in [0.2, 0.25) is 0 Å². The summed E-state index contributed by atoms with van der Waals surface area (Å²) < 4.78 is 11.5. The van der Waals surface area contributed by atoms with E-state index in [0.29, 0.717) is 43.2 Å². The van der Waals surface area contributed by atoms with Crippen LogP contribution in [0.2, 0.25) is 0 Å². The topological polar surface area (TPSA) is 104 Å². The van der Waals surface area contributed by atoms with Gasteiger partial charge >= 0.3 is 0 Å². The van der Waals surface area contributed by atoms with Crippen LogP contribution in [0.4, 0.5) is 0 Å². The predicted octanol–water partition coefficient (Wildman–Crippen LogP) is 3.89. The minimum absolute atomic E-state index is 0.0547. The number of phenolic OH excluding ortho intramolecular Hbond substituents is 1. The SMILES string of the molecule is O=C(NC[C@@H](CO)Cc1c[nH]c2ccccc12)c1cc(-c2cccc(O)c2)cc2c1OCCO2. The first kappa shape index (κ1) is 21.9. The normalized spacial score (nSPS) is 13.6. The standard InChI is InChI=1S/C27H26N2O5/c30-16-17(10-20-15-28-24-7-2-1-6-22(20)24)14-29-27(32)23-12-19(18-4-3-5-21(31)11-18)13-25-26(23)34-9-8-33-25/h1-7,11-13,15,17,28,30-31H,8-10,14,16H2,(H,29,32)/t17-/m0/s1. The maximum Gasteiger partial charge on any atom is 0.255 e. The Kier molecular flexibility index (Phi) is 6.10. The Morgan fingerprint density at radius 1 is 1.03 bits per heavy atom. The minimum Gasteiger partial charge on any atom is -0.508 e. The molecule has 0 aliphatic carbocycles. The summed E-state index contributed by atoms with van der Waals surface area (Å²) >= 11 is 0. The number of aliphatic hydroxyl groups is 1. The number of H-pyrrole nitrogens is 1. The third-order valence-electron chi connectivity index (χ3n) is 6.06.